The first kappa shape index (κ1) is 8.41. The summed E-state index contributed by atoms with van der Waals surface area (Å²) >= 11 is 0. The third-order valence-corrected chi connectivity index (χ3v) is 2.42. The van der Waals surface area contributed by atoms with Gasteiger partial charge in [-0.25, -0.2) is 4.57 Å². The highest BCUT2D eigenvalue weighted by molar-refractivity contribution is 7.48. The Hall–Kier alpha value is -1.19. The van der Waals surface area contributed by atoms with Crippen LogP contribution < -0.4 is 13.8 Å². The van der Waals surface area contributed by atoms with Crippen molar-refractivity contribution in [1.82, 2.24) is 0 Å². The monoisotopic (exact) mass is 202 g/mol. The van der Waals surface area contributed by atoms with Crippen LogP contribution in [0.15, 0.2) is 18.2 Å². The second kappa shape index (κ2) is 2.65. The predicted octanol–water partition coefficient (Wildman–Crippen LogP) is 1.57. The molecule has 1 unspecified atom stereocenters. The third kappa shape index (κ3) is 1.36. The lowest BCUT2D eigenvalue weighted by atomic mass is 10.3. The fraction of sp³-hybridized carbons (Fsp3) is 0.143. The summed E-state index contributed by atoms with van der Waals surface area (Å²) in [7, 11) is -2.50. The average Bonchev–Trinajstić information content (AvgIpc) is 2.37. The van der Waals surface area contributed by atoms with E-state index in [0.29, 0.717) is 5.75 Å². The number of benzene rings is 1. The first-order valence-corrected chi connectivity index (χ1v) is 5.01. The molecule has 0 radical (unpaired) electrons. The van der Waals surface area contributed by atoms with Crippen LogP contribution in [0.1, 0.15) is 0 Å². The summed E-state index contributed by atoms with van der Waals surface area (Å²) in [5.41, 5.74) is 0. The third-order valence-electron chi connectivity index (χ3n) is 1.58. The zero-order chi connectivity index (χ0) is 9.47. The van der Waals surface area contributed by atoms with Crippen LogP contribution in [0.25, 0.3) is 0 Å². The summed E-state index contributed by atoms with van der Waals surface area (Å²) in [6.45, 7) is 0. The topological polar surface area (TPSA) is 65.0 Å². The first-order valence-electron chi connectivity index (χ1n) is 3.51. The van der Waals surface area contributed by atoms with Crippen molar-refractivity contribution in [3.8, 4) is 17.2 Å². The van der Waals surface area contributed by atoms with Crippen molar-refractivity contribution in [3.05, 3.63) is 18.2 Å². The molecule has 0 saturated carbocycles. The van der Waals surface area contributed by atoms with Gasteiger partial charge in [-0.05, 0) is 12.1 Å². The van der Waals surface area contributed by atoms with Crippen LogP contribution in [-0.4, -0.2) is 12.0 Å². The highest BCUT2D eigenvalue weighted by Gasteiger charge is 2.36. The van der Waals surface area contributed by atoms with Gasteiger partial charge in [-0.15, -0.1) is 0 Å². The molecule has 1 aliphatic heterocycles. The van der Waals surface area contributed by atoms with E-state index in [1.807, 2.05) is 0 Å². The molecule has 1 aliphatic rings. The Labute approximate surface area is 74.5 Å². The molecule has 1 heterocycles. The van der Waals surface area contributed by atoms with Gasteiger partial charge in [0.15, 0.2) is 11.5 Å². The molecule has 0 aromatic heterocycles. The summed E-state index contributed by atoms with van der Waals surface area (Å²) in [5, 5.41) is 0. The molecule has 0 amide bonds. The highest BCUT2D eigenvalue weighted by Crippen LogP contribution is 2.58. The van der Waals surface area contributed by atoms with Gasteiger partial charge in [-0.1, -0.05) is 6.07 Å². The molecule has 0 saturated heterocycles. The fourth-order valence-corrected chi connectivity index (χ4v) is 1.92. The maximum atomic E-state index is 11.0. The second-order valence-corrected chi connectivity index (χ2v) is 3.74. The van der Waals surface area contributed by atoms with E-state index in [-0.39, 0.29) is 11.5 Å². The predicted molar refractivity (Wildman–Crippen MR) is 44.1 cm³/mol. The number of ether oxygens (including phenoxy) is 1. The first-order chi connectivity index (χ1) is 6.12. The minimum Gasteiger partial charge on any atom is -0.493 e. The number of rotatable bonds is 1. The molecule has 70 valence electrons. The summed E-state index contributed by atoms with van der Waals surface area (Å²) in [4.78, 5) is 8.99. The number of fused-ring (bicyclic) bond motifs is 1. The van der Waals surface area contributed by atoms with E-state index < -0.39 is 7.82 Å². The van der Waals surface area contributed by atoms with Crippen LogP contribution in [0.5, 0.6) is 17.2 Å². The van der Waals surface area contributed by atoms with Crippen LogP contribution in [-0.2, 0) is 4.57 Å². The van der Waals surface area contributed by atoms with E-state index in [0.717, 1.165) is 0 Å². The molecule has 2 rings (SSSR count). The molecular formula is C7H7O5P. The quantitative estimate of drug-likeness (QED) is 0.700. The van der Waals surface area contributed by atoms with Crippen LogP contribution in [0.2, 0.25) is 0 Å². The van der Waals surface area contributed by atoms with Crippen molar-refractivity contribution in [2.45, 2.75) is 0 Å². The Balaban J connectivity index is 2.51. The second-order valence-electron chi connectivity index (χ2n) is 2.44. The van der Waals surface area contributed by atoms with Gasteiger partial charge >= 0.3 is 7.82 Å². The maximum Gasteiger partial charge on any atom is 0.585 e. The molecule has 0 bridgehead atoms. The van der Waals surface area contributed by atoms with E-state index in [1.54, 1.807) is 12.1 Å². The summed E-state index contributed by atoms with van der Waals surface area (Å²) < 4.78 is 25.2. The van der Waals surface area contributed by atoms with Crippen molar-refractivity contribution >= 4 is 7.82 Å². The number of hydrogen-bond acceptors (Lipinski definition) is 4. The molecule has 6 heteroatoms. The van der Waals surface area contributed by atoms with Gasteiger partial charge < -0.3 is 13.8 Å². The Bertz CT molecular complexity index is 388. The molecule has 0 aliphatic carbocycles. The van der Waals surface area contributed by atoms with Crippen LogP contribution in [0.4, 0.5) is 0 Å². The van der Waals surface area contributed by atoms with Gasteiger partial charge in [0, 0.05) is 0 Å². The van der Waals surface area contributed by atoms with E-state index in [9.17, 15) is 4.57 Å². The molecule has 1 N–H and O–H groups in total. The number of methoxy groups -OCH3 is 1. The Morgan fingerprint density at radius 2 is 2.23 bits per heavy atom. The van der Waals surface area contributed by atoms with Gasteiger partial charge in [-0.3, -0.25) is 4.89 Å². The van der Waals surface area contributed by atoms with Gasteiger partial charge in [-0.2, -0.15) is 0 Å². The van der Waals surface area contributed by atoms with Crippen molar-refractivity contribution < 1.29 is 23.2 Å². The smallest absolute Gasteiger partial charge is 0.493 e. The van der Waals surface area contributed by atoms with Crippen LogP contribution in [0, 0.1) is 0 Å². The van der Waals surface area contributed by atoms with Gasteiger partial charge in [0.1, 0.15) is 0 Å². The lowest BCUT2D eigenvalue weighted by Gasteiger charge is -2.02. The molecule has 1 atom stereocenters. The molecule has 1 aromatic carbocycles. The molecule has 0 fully saturated rings. The minimum absolute atomic E-state index is 0.177. The lowest BCUT2D eigenvalue weighted by molar-refractivity contribution is 0.319. The van der Waals surface area contributed by atoms with E-state index >= 15 is 0 Å². The zero-order valence-electron chi connectivity index (χ0n) is 6.76. The lowest BCUT2D eigenvalue weighted by Crippen LogP contribution is -1.89. The van der Waals surface area contributed by atoms with Crippen molar-refractivity contribution in [1.29, 1.82) is 0 Å². The summed E-state index contributed by atoms with van der Waals surface area (Å²) in [5.74, 6) is 0.783. The highest BCUT2D eigenvalue weighted by atomic mass is 31.2. The normalized spacial score (nSPS) is 24.5. The maximum absolute atomic E-state index is 11.0. The average molecular weight is 202 g/mol. The summed E-state index contributed by atoms with van der Waals surface area (Å²) in [6.07, 6.45) is 0. The Kier molecular flexibility index (Phi) is 1.71. The Morgan fingerprint density at radius 1 is 1.46 bits per heavy atom. The van der Waals surface area contributed by atoms with Crippen molar-refractivity contribution in [3.63, 3.8) is 0 Å². The molecular weight excluding hydrogens is 195 g/mol. The minimum atomic E-state index is -3.95. The van der Waals surface area contributed by atoms with Crippen LogP contribution >= 0.6 is 7.82 Å². The number of phosphoric ester groups is 1. The zero-order valence-corrected chi connectivity index (χ0v) is 7.65. The van der Waals surface area contributed by atoms with Crippen molar-refractivity contribution in [2.75, 3.05) is 7.11 Å². The van der Waals surface area contributed by atoms with Crippen LogP contribution in [0.3, 0.4) is 0 Å². The fourth-order valence-electron chi connectivity index (χ4n) is 1.08. The molecule has 1 aromatic rings. The number of hydrogen-bond donors (Lipinski definition) is 1. The summed E-state index contributed by atoms with van der Waals surface area (Å²) in [6, 6.07) is 4.80. The molecule has 5 nitrogen and oxygen atoms in total. The molecule has 0 spiro atoms. The Morgan fingerprint density at radius 3 is 2.92 bits per heavy atom. The van der Waals surface area contributed by atoms with Gasteiger partial charge in [0.25, 0.3) is 0 Å². The SMILES string of the molecule is COc1cccc2c1OP(=O)(O)O2. The van der Waals surface area contributed by atoms with Crippen molar-refractivity contribution in [2.24, 2.45) is 0 Å². The van der Waals surface area contributed by atoms with E-state index in [1.165, 1.54) is 13.2 Å². The number of para-hydroxylation sites is 1. The van der Waals surface area contributed by atoms with E-state index in [4.69, 9.17) is 9.63 Å². The standard InChI is InChI=1S/C7H7O5P/c1-10-5-3-2-4-6-7(5)12-13(8,9)11-6/h2-4H,1H3,(H,8,9). The molecule has 13 heavy (non-hydrogen) atoms. The van der Waals surface area contributed by atoms with Gasteiger partial charge in [0.2, 0.25) is 5.75 Å². The van der Waals surface area contributed by atoms with Gasteiger partial charge in [0.05, 0.1) is 7.11 Å². The number of phosphoric acid groups is 1. The van der Waals surface area contributed by atoms with E-state index in [2.05, 4.69) is 9.05 Å². The largest absolute Gasteiger partial charge is 0.585 e.